The number of aryl methyl sites for hydroxylation is 2. The molecule has 18 heavy (non-hydrogen) atoms. The molecule has 0 amide bonds. The number of nitrogens with zero attached hydrogens (tertiary/aromatic N) is 1. The summed E-state index contributed by atoms with van der Waals surface area (Å²) in [6.07, 6.45) is 2.44. The predicted octanol–water partition coefficient (Wildman–Crippen LogP) is 1.99. The minimum Gasteiger partial charge on any atom is -0.295 e. The lowest BCUT2D eigenvalue weighted by Crippen LogP contribution is -2.16. The average molecular weight is 242 g/mol. The molecule has 1 aromatic heterocycles. The van der Waals surface area contributed by atoms with Crippen LogP contribution >= 0.6 is 0 Å². The van der Waals surface area contributed by atoms with Crippen molar-refractivity contribution in [1.29, 1.82) is 0 Å². The quantitative estimate of drug-likeness (QED) is 0.831. The second kappa shape index (κ2) is 3.98. The summed E-state index contributed by atoms with van der Waals surface area (Å²) in [5, 5.41) is 3.00. The number of benzene rings is 1. The van der Waals surface area contributed by atoms with Crippen LogP contribution in [0.1, 0.15) is 34.5 Å². The molecule has 0 aliphatic heterocycles. The minimum absolute atomic E-state index is 0.0745. The normalized spacial score (nSPS) is 14.6. The molecule has 0 saturated carbocycles. The molecule has 1 heterocycles. The van der Waals surface area contributed by atoms with Crippen LogP contribution in [0.25, 0.3) is 5.69 Å². The first-order valence-corrected chi connectivity index (χ1v) is 6.10. The van der Waals surface area contributed by atoms with Gasteiger partial charge in [0.2, 0.25) is 0 Å². The van der Waals surface area contributed by atoms with Crippen LogP contribution in [0.3, 0.4) is 0 Å². The predicted molar refractivity (Wildman–Crippen MR) is 68.4 cm³/mol. The molecule has 1 N–H and O–H groups in total. The number of nitrogens with one attached hydrogen (secondary N) is 1. The molecule has 0 bridgehead atoms. The van der Waals surface area contributed by atoms with Crippen molar-refractivity contribution in [2.75, 3.05) is 0 Å². The Hall–Kier alpha value is -2.10. The lowest BCUT2D eigenvalue weighted by Gasteiger charge is -2.15. The number of ketones is 1. The third-order valence-electron chi connectivity index (χ3n) is 3.35. The van der Waals surface area contributed by atoms with Gasteiger partial charge in [-0.2, -0.15) is 0 Å². The maximum Gasteiger partial charge on any atom is 0.271 e. The van der Waals surface area contributed by atoms with Crippen LogP contribution in [-0.4, -0.2) is 15.6 Å². The summed E-state index contributed by atoms with van der Waals surface area (Å²) >= 11 is 0. The first kappa shape index (κ1) is 11.0. The van der Waals surface area contributed by atoms with E-state index in [4.69, 9.17) is 0 Å². The molecule has 0 radical (unpaired) electrons. The highest BCUT2D eigenvalue weighted by Gasteiger charge is 2.17. The van der Waals surface area contributed by atoms with E-state index in [1.165, 1.54) is 4.68 Å². The molecule has 4 heteroatoms. The number of hydrogen-bond acceptors (Lipinski definition) is 2. The van der Waals surface area contributed by atoms with Crippen LogP contribution in [0.4, 0.5) is 0 Å². The largest absolute Gasteiger partial charge is 0.295 e. The Kier molecular flexibility index (Phi) is 2.44. The zero-order valence-corrected chi connectivity index (χ0v) is 10.2. The van der Waals surface area contributed by atoms with E-state index in [0.29, 0.717) is 6.42 Å². The fourth-order valence-corrected chi connectivity index (χ4v) is 2.48. The topological polar surface area (TPSA) is 54.9 Å². The number of Topliss-reactive ketones (excluding diaryl/α,β-unsaturated/α-hetero) is 1. The molecular weight excluding hydrogens is 228 g/mol. The summed E-state index contributed by atoms with van der Waals surface area (Å²) in [6, 6.07) is 7.14. The molecule has 92 valence electrons. The highest BCUT2D eigenvalue weighted by Crippen LogP contribution is 2.23. The van der Waals surface area contributed by atoms with Gasteiger partial charge in [0.25, 0.3) is 5.56 Å². The molecule has 4 nitrogen and oxygen atoms in total. The van der Waals surface area contributed by atoms with Crippen molar-refractivity contribution in [2.24, 2.45) is 0 Å². The van der Waals surface area contributed by atoms with Gasteiger partial charge in [-0.15, -0.1) is 0 Å². The van der Waals surface area contributed by atoms with Crippen molar-refractivity contribution in [3.05, 3.63) is 51.4 Å². The third kappa shape index (κ3) is 1.70. The number of hydrogen-bond donors (Lipinski definition) is 1. The lowest BCUT2D eigenvalue weighted by atomic mass is 9.90. The molecular formula is C14H14N2O2. The fraction of sp³-hybridized carbons (Fsp3) is 0.286. The van der Waals surface area contributed by atoms with Gasteiger partial charge in [0, 0.05) is 23.7 Å². The van der Waals surface area contributed by atoms with Crippen molar-refractivity contribution in [3.63, 3.8) is 0 Å². The van der Waals surface area contributed by atoms with E-state index in [1.807, 2.05) is 25.1 Å². The van der Waals surface area contributed by atoms with Crippen LogP contribution in [0.5, 0.6) is 0 Å². The van der Waals surface area contributed by atoms with Crippen LogP contribution < -0.4 is 5.56 Å². The Bertz CT molecular complexity index is 679. The Balaban J connectivity index is 2.13. The molecule has 0 fully saturated rings. The molecule has 2 aromatic rings. The van der Waals surface area contributed by atoms with Crippen molar-refractivity contribution in [2.45, 2.75) is 26.2 Å². The Morgan fingerprint density at radius 2 is 2.00 bits per heavy atom. The Morgan fingerprint density at radius 1 is 1.17 bits per heavy atom. The van der Waals surface area contributed by atoms with E-state index >= 15 is 0 Å². The van der Waals surface area contributed by atoms with E-state index in [0.717, 1.165) is 35.3 Å². The Labute approximate surface area is 104 Å². The van der Waals surface area contributed by atoms with E-state index < -0.39 is 0 Å². The Morgan fingerprint density at radius 3 is 2.72 bits per heavy atom. The molecule has 0 saturated heterocycles. The van der Waals surface area contributed by atoms with Crippen molar-refractivity contribution >= 4 is 5.78 Å². The standard InChI is InChI=1S/C14H14N2O2/c1-9-7-14(18)16(15-9)11-5-6-12-10(8-11)3-2-4-13(12)17/h5-8,15H,2-4H2,1H3. The van der Waals surface area contributed by atoms with Crippen molar-refractivity contribution < 1.29 is 4.79 Å². The van der Waals surface area contributed by atoms with E-state index in [2.05, 4.69) is 5.10 Å². The molecule has 0 spiro atoms. The smallest absolute Gasteiger partial charge is 0.271 e. The first-order valence-electron chi connectivity index (χ1n) is 6.10. The van der Waals surface area contributed by atoms with E-state index in [-0.39, 0.29) is 11.3 Å². The second-order valence-electron chi connectivity index (χ2n) is 4.73. The third-order valence-corrected chi connectivity index (χ3v) is 3.35. The molecule has 1 aromatic carbocycles. The SMILES string of the molecule is Cc1cc(=O)n(-c2ccc3c(c2)CCCC3=O)[nH]1. The molecule has 1 aliphatic rings. The van der Waals surface area contributed by atoms with Crippen LogP contribution in [0.2, 0.25) is 0 Å². The lowest BCUT2D eigenvalue weighted by molar-refractivity contribution is 0.0972. The number of rotatable bonds is 1. The number of aromatic nitrogens is 2. The molecule has 0 unspecified atom stereocenters. The van der Waals surface area contributed by atoms with Crippen molar-refractivity contribution in [3.8, 4) is 5.69 Å². The average Bonchev–Trinajstić information content (AvgIpc) is 2.68. The van der Waals surface area contributed by atoms with Crippen LogP contribution in [0.15, 0.2) is 29.1 Å². The van der Waals surface area contributed by atoms with Crippen molar-refractivity contribution in [1.82, 2.24) is 9.78 Å². The number of H-pyrrole nitrogens is 1. The summed E-state index contributed by atoms with van der Waals surface area (Å²) < 4.78 is 1.51. The number of fused-ring (bicyclic) bond motifs is 1. The van der Waals surface area contributed by atoms with Gasteiger partial charge in [0.1, 0.15) is 0 Å². The fourth-order valence-electron chi connectivity index (χ4n) is 2.48. The van der Waals surface area contributed by atoms with E-state index in [9.17, 15) is 9.59 Å². The van der Waals surface area contributed by atoms with Gasteiger partial charge in [-0.05, 0) is 43.5 Å². The maximum atomic E-state index is 11.7. The molecule has 0 atom stereocenters. The van der Waals surface area contributed by atoms with Crippen LogP contribution in [0, 0.1) is 6.92 Å². The summed E-state index contributed by atoms with van der Waals surface area (Å²) in [5.41, 5.74) is 3.40. The van der Waals surface area contributed by atoms with Gasteiger partial charge < -0.3 is 0 Å². The van der Waals surface area contributed by atoms with Gasteiger partial charge in [0.15, 0.2) is 5.78 Å². The first-order chi connectivity index (χ1) is 8.65. The monoisotopic (exact) mass is 242 g/mol. The van der Waals surface area contributed by atoms with E-state index in [1.54, 1.807) is 6.07 Å². The summed E-state index contributed by atoms with van der Waals surface area (Å²) in [7, 11) is 0. The van der Waals surface area contributed by atoms with Gasteiger partial charge in [0.05, 0.1) is 5.69 Å². The van der Waals surface area contributed by atoms with Gasteiger partial charge in [-0.3, -0.25) is 14.7 Å². The maximum absolute atomic E-state index is 11.7. The summed E-state index contributed by atoms with van der Waals surface area (Å²) in [6.45, 7) is 1.85. The number of aromatic amines is 1. The van der Waals surface area contributed by atoms with Gasteiger partial charge >= 0.3 is 0 Å². The zero-order valence-electron chi connectivity index (χ0n) is 10.2. The number of carbonyl (C=O) groups is 1. The minimum atomic E-state index is -0.0745. The second-order valence-corrected chi connectivity index (χ2v) is 4.73. The van der Waals surface area contributed by atoms with Crippen LogP contribution in [-0.2, 0) is 6.42 Å². The zero-order chi connectivity index (χ0) is 12.7. The summed E-state index contributed by atoms with van der Waals surface area (Å²) in [5.74, 6) is 0.206. The van der Waals surface area contributed by atoms with Gasteiger partial charge in [-0.25, -0.2) is 4.68 Å². The summed E-state index contributed by atoms with van der Waals surface area (Å²) in [4.78, 5) is 23.5. The molecule has 3 rings (SSSR count). The molecule has 1 aliphatic carbocycles. The number of carbonyl (C=O) groups excluding carboxylic acids is 1. The highest BCUT2D eigenvalue weighted by molar-refractivity contribution is 5.98. The van der Waals surface area contributed by atoms with Gasteiger partial charge in [-0.1, -0.05) is 0 Å². The highest BCUT2D eigenvalue weighted by atomic mass is 16.1.